The molecule has 1 aromatic rings. The summed E-state index contributed by atoms with van der Waals surface area (Å²) in [5, 5.41) is 3.48. The van der Waals surface area contributed by atoms with Crippen LogP contribution in [-0.2, 0) is 0 Å². The largest absolute Gasteiger partial charge is 0.381 e. The predicted molar refractivity (Wildman–Crippen MR) is 61.5 cm³/mol. The van der Waals surface area contributed by atoms with Gasteiger partial charge < -0.3 is 5.32 Å². The lowest BCUT2D eigenvalue weighted by molar-refractivity contribution is 0.539. The average molecular weight is 192 g/mol. The minimum absolute atomic E-state index is 0.512. The lowest BCUT2D eigenvalue weighted by Gasteiger charge is -2.18. The highest BCUT2D eigenvalue weighted by Crippen LogP contribution is 2.14. The van der Waals surface area contributed by atoms with Crippen molar-refractivity contribution in [1.29, 1.82) is 0 Å². The Kier molecular flexibility index (Phi) is 3.93. The summed E-state index contributed by atoms with van der Waals surface area (Å²) in [5.41, 5.74) is 2.23. The Bertz CT molecular complexity index is 281. The van der Waals surface area contributed by atoms with Crippen LogP contribution in [0.1, 0.15) is 32.9 Å². The van der Waals surface area contributed by atoms with E-state index in [9.17, 15) is 0 Å². The SMILES string of the molecule is Cc1ncccc1N[C@@H](C)CC(C)C. The van der Waals surface area contributed by atoms with Gasteiger partial charge in [0, 0.05) is 12.2 Å². The van der Waals surface area contributed by atoms with Crippen molar-refractivity contribution in [2.24, 2.45) is 5.92 Å². The minimum Gasteiger partial charge on any atom is -0.381 e. The maximum absolute atomic E-state index is 4.25. The second-order valence-electron chi connectivity index (χ2n) is 4.31. The molecule has 0 spiro atoms. The number of hydrogen-bond donors (Lipinski definition) is 1. The van der Waals surface area contributed by atoms with Gasteiger partial charge in [-0.15, -0.1) is 0 Å². The third-order valence-electron chi connectivity index (χ3n) is 2.23. The fraction of sp³-hybridized carbons (Fsp3) is 0.583. The molecule has 0 aliphatic heterocycles. The van der Waals surface area contributed by atoms with Crippen LogP contribution in [0.5, 0.6) is 0 Å². The van der Waals surface area contributed by atoms with Crippen molar-refractivity contribution in [3.8, 4) is 0 Å². The summed E-state index contributed by atoms with van der Waals surface area (Å²) >= 11 is 0. The van der Waals surface area contributed by atoms with Crippen molar-refractivity contribution in [1.82, 2.24) is 4.98 Å². The lowest BCUT2D eigenvalue weighted by atomic mass is 10.1. The van der Waals surface area contributed by atoms with E-state index in [4.69, 9.17) is 0 Å². The topological polar surface area (TPSA) is 24.9 Å². The predicted octanol–water partition coefficient (Wildman–Crippen LogP) is 3.24. The van der Waals surface area contributed by atoms with Crippen LogP contribution in [0.25, 0.3) is 0 Å². The highest BCUT2D eigenvalue weighted by molar-refractivity contribution is 5.47. The quantitative estimate of drug-likeness (QED) is 0.792. The third-order valence-corrected chi connectivity index (χ3v) is 2.23. The molecule has 1 atom stereocenters. The molecule has 1 rings (SSSR count). The number of nitrogens with one attached hydrogen (secondary N) is 1. The Morgan fingerprint density at radius 1 is 1.36 bits per heavy atom. The van der Waals surface area contributed by atoms with E-state index in [0.29, 0.717) is 6.04 Å². The molecule has 0 aliphatic rings. The van der Waals surface area contributed by atoms with E-state index in [1.165, 1.54) is 6.42 Å². The summed E-state index contributed by atoms with van der Waals surface area (Å²) in [4.78, 5) is 4.25. The fourth-order valence-electron chi connectivity index (χ4n) is 1.67. The molecule has 0 aliphatic carbocycles. The summed E-state index contributed by atoms with van der Waals surface area (Å²) in [6.45, 7) is 8.74. The van der Waals surface area contributed by atoms with Crippen LogP contribution in [0.4, 0.5) is 5.69 Å². The molecule has 0 aromatic carbocycles. The molecular formula is C12H20N2. The van der Waals surface area contributed by atoms with Gasteiger partial charge in [-0.05, 0) is 38.3 Å². The highest BCUT2D eigenvalue weighted by atomic mass is 14.9. The van der Waals surface area contributed by atoms with E-state index < -0.39 is 0 Å². The fourth-order valence-corrected chi connectivity index (χ4v) is 1.67. The van der Waals surface area contributed by atoms with Gasteiger partial charge in [0.15, 0.2) is 0 Å². The molecule has 0 saturated heterocycles. The molecule has 2 nitrogen and oxygen atoms in total. The van der Waals surface area contributed by atoms with Crippen molar-refractivity contribution in [2.45, 2.75) is 40.2 Å². The average Bonchev–Trinajstić information content (AvgIpc) is 2.07. The molecule has 0 bridgehead atoms. The molecular weight excluding hydrogens is 172 g/mol. The number of nitrogens with zero attached hydrogens (tertiary/aromatic N) is 1. The first-order chi connectivity index (χ1) is 6.59. The van der Waals surface area contributed by atoms with Gasteiger partial charge in [-0.1, -0.05) is 13.8 Å². The van der Waals surface area contributed by atoms with Gasteiger partial charge in [0.25, 0.3) is 0 Å². The first-order valence-electron chi connectivity index (χ1n) is 5.27. The smallest absolute Gasteiger partial charge is 0.0603 e. The molecule has 78 valence electrons. The van der Waals surface area contributed by atoms with Crippen LogP contribution in [0.3, 0.4) is 0 Å². The van der Waals surface area contributed by atoms with Crippen LogP contribution in [0.15, 0.2) is 18.3 Å². The van der Waals surface area contributed by atoms with Gasteiger partial charge in [0.05, 0.1) is 11.4 Å². The third kappa shape index (κ3) is 3.36. The molecule has 0 radical (unpaired) electrons. The van der Waals surface area contributed by atoms with Crippen LogP contribution in [0, 0.1) is 12.8 Å². The van der Waals surface area contributed by atoms with E-state index in [0.717, 1.165) is 17.3 Å². The van der Waals surface area contributed by atoms with E-state index in [1.807, 2.05) is 19.2 Å². The molecule has 0 amide bonds. The number of aromatic nitrogens is 1. The Hall–Kier alpha value is -1.05. The number of anilines is 1. The number of aryl methyl sites for hydroxylation is 1. The molecule has 1 N–H and O–H groups in total. The summed E-state index contributed by atoms with van der Waals surface area (Å²) in [7, 11) is 0. The molecule has 0 saturated carbocycles. The van der Waals surface area contributed by atoms with Gasteiger partial charge in [-0.25, -0.2) is 0 Å². The maximum atomic E-state index is 4.25. The normalized spacial score (nSPS) is 12.9. The monoisotopic (exact) mass is 192 g/mol. The minimum atomic E-state index is 0.512. The first kappa shape index (κ1) is 11.0. The van der Waals surface area contributed by atoms with Crippen molar-refractivity contribution in [2.75, 3.05) is 5.32 Å². The van der Waals surface area contributed by atoms with E-state index >= 15 is 0 Å². The van der Waals surface area contributed by atoms with Crippen LogP contribution in [0.2, 0.25) is 0 Å². The Balaban J connectivity index is 2.56. The van der Waals surface area contributed by atoms with Crippen LogP contribution in [-0.4, -0.2) is 11.0 Å². The zero-order valence-electron chi connectivity index (χ0n) is 9.54. The van der Waals surface area contributed by atoms with Crippen molar-refractivity contribution < 1.29 is 0 Å². The van der Waals surface area contributed by atoms with Gasteiger partial charge in [0.1, 0.15) is 0 Å². The second kappa shape index (κ2) is 4.99. The number of rotatable bonds is 4. The van der Waals surface area contributed by atoms with Gasteiger partial charge in [-0.3, -0.25) is 4.98 Å². The number of pyridine rings is 1. The number of hydrogen-bond acceptors (Lipinski definition) is 2. The molecule has 2 heteroatoms. The van der Waals surface area contributed by atoms with Crippen LogP contribution < -0.4 is 5.32 Å². The summed E-state index contributed by atoms with van der Waals surface area (Å²) < 4.78 is 0. The van der Waals surface area contributed by atoms with Crippen molar-refractivity contribution in [3.05, 3.63) is 24.0 Å². The van der Waals surface area contributed by atoms with Crippen molar-refractivity contribution in [3.63, 3.8) is 0 Å². The molecule has 14 heavy (non-hydrogen) atoms. The van der Waals surface area contributed by atoms with E-state index in [-0.39, 0.29) is 0 Å². The molecule has 1 heterocycles. The van der Waals surface area contributed by atoms with Gasteiger partial charge in [-0.2, -0.15) is 0 Å². The Morgan fingerprint density at radius 3 is 2.64 bits per heavy atom. The summed E-state index contributed by atoms with van der Waals surface area (Å²) in [6.07, 6.45) is 3.02. The van der Waals surface area contributed by atoms with Crippen LogP contribution >= 0.6 is 0 Å². The zero-order valence-corrected chi connectivity index (χ0v) is 9.54. The molecule has 0 fully saturated rings. The Morgan fingerprint density at radius 2 is 2.07 bits per heavy atom. The van der Waals surface area contributed by atoms with Crippen molar-refractivity contribution >= 4 is 5.69 Å². The standard InChI is InChI=1S/C12H20N2/c1-9(2)8-10(3)14-12-6-5-7-13-11(12)4/h5-7,9-10,14H,8H2,1-4H3/t10-/m0/s1. The van der Waals surface area contributed by atoms with E-state index in [2.05, 4.69) is 37.1 Å². The summed E-state index contributed by atoms with van der Waals surface area (Å²) in [5.74, 6) is 0.731. The lowest BCUT2D eigenvalue weighted by Crippen LogP contribution is -2.18. The second-order valence-corrected chi connectivity index (χ2v) is 4.31. The van der Waals surface area contributed by atoms with Gasteiger partial charge >= 0.3 is 0 Å². The first-order valence-corrected chi connectivity index (χ1v) is 5.27. The molecule has 1 aromatic heterocycles. The van der Waals surface area contributed by atoms with Gasteiger partial charge in [0.2, 0.25) is 0 Å². The zero-order chi connectivity index (χ0) is 10.6. The highest BCUT2D eigenvalue weighted by Gasteiger charge is 2.06. The summed E-state index contributed by atoms with van der Waals surface area (Å²) in [6, 6.07) is 4.56. The van der Waals surface area contributed by atoms with E-state index in [1.54, 1.807) is 0 Å². The molecule has 0 unspecified atom stereocenters. The maximum Gasteiger partial charge on any atom is 0.0603 e. The Labute approximate surface area is 86.8 Å².